The fourth-order valence-corrected chi connectivity index (χ4v) is 2.34. The van der Waals surface area contributed by atoms with E-state index in [-0.39, 0.29) is 22.8 Å². The molecule has 6 nitrogen and oxygen atoms in total. The summed E-state index contributed by atoms with van der Waals surface area (Å²) in [7, 11) is 0. The minimum Gasteiger partial charge on any atom is -0.464 e. The molecule has 0 saturated carbocycles. The smallest absolute Gasteiger partial charge is 0.464 e. The highest BCUT2D eigenvalue weighted by Crippen LogP contribution is 2.32. The maximum absolute atomic E-state index is 12.4. The molecule has 3 rings (SSSR count). The predicted octanol–water partition coefficient (Wildman–Crippen LogP) is 3.93. The molecule has 0 aliphatic rings. The van der Waals surface area contributed by atoms with E-state index in [4.69, 9.17) is 10.2 Å². The van der Waals surface area contributed by atoms with Gasteiger partial charge in [-0.2, -0.15) is 18.4 Å². The average molecular weight is 373 g/mol. The van der Waals surface area contributed by atoms with Gasteiger partial charge >= 0.3 is 12.1 Å². The van der Waals surface area contributed by atoms with Crippen LogP contribution in [0.2, 0.25) is 0 Å². The summed E-state index contributed by atoms with van der Waals surface area (Å²) in [6, 6.07) is 12.1. The lowest BCUT2D eigenvalue weighted by Crippen LogP contribution is -2.27. The van der Waals surface area contributed by atoms with Gasteiger partial charge in [-0.3, -0.25) is 0 Å². The Labute approximate surface area is 150 Å². The van der Waals surface area contributed by atoms with Crippen molar-refractivity contribution in [3.05, 3.63) is 54.3 Å². The molecule has 0 unspecified atom stereocenters. The summed E-state index contributed by atoms with van der Waals surface area (Å²) in [6.07, 6.45) is -3.69. The van der Waals surface area contributed by atoms with Gasteiger partial charge < -0.3 is 14.9 Å². The number of nitrogen functional groups attached to an aromatic ring is 1. The molecule has 2 heterocycles. The van der Waals surface area contributed by atoms with Crippen LogP contribution in [0, 0.1) is 11.3 Å². The molecular formula is C18H10F3N3O3. The summed E-state index contributed by atoms with van der Waals surface area (Å²) in [5, 5.41) is 9.30. The number of hydrogen-bond acceptors (Lipinski definition) is 6. The van der Waals surface area contributed by atoms with Gasteiger partial charge in [0.1, 0.15) is 29.0 Å². The molecule has 0 bridgehead atoms. The number of aromatic nitrogens is 1. The van der Waals surface area contributed by atoms with Crippen molar-refractivity contribution in [2.75, 3.05) is 5.73 Å². The van der Waals surface area contributed by atoms with Gasteiger partial charge in [0.05, 0.1) is 12.0 Å². The van der Waals surface area contributed by atoms with E-state index < -0.39 is 12.1 Å². The molecule has 0 aliphatic carbocycles. The molecule has 0 fully saturated rings. The van der Waals surface area contributed by atoms with E-state index in [2.05, 4.69) is 9.72 Å². The van der Waals surface area contributed by atoms with Gasteiger partial charge in [0.2, 0.25) is 0 Å². The fourth-order valence-electron chi connectivity index (χ4n) is 2.34. The van der Waals surface area contributed by atoms with Crippen molar-refractivity contribution in [3.8, 4) is 34.4 Å². The van der Waals surface area contributed by atoms with Gasteiger partial charge in [0.15, 0.2) is 0 Å². The van der Waals surface area contributed by atoms with Crippen molar-refractivity contribution in [3.63, 3.8) is 0 Å². The molecule has 0 aliphatic heterocycles. The fraction of sp³-hybridized carbons (Fsp3) is 0.0556. The van der Waals surface area contributed by atoms with Crippen LogP contribution in [0.15, 0.2) is 53.1 Å². The number of carbonyl (C=O) groups is 1. The summed E-state index contributed by atoms with van der Waals surface area (Å²) in [5.41, 5.74) is 6.93. The molecular weight excluding hydrogens is 363 g/mol. The Kier molecular flexibility index (Phi) is 4.56. The van der Waals surface area contributed by atoms with E-state index in [9.17, 15) is 23.2 Å². The van der Waals surface area contributed by atoms with Gasteiger partial charge in [0.25, 0.3) is 0 Å². The van der Waals surface area contributed by atoms with E-state index in [0.29, 0.717) is 16.9 Å². The van der Waals surface area contributed by atoms with Crippen LogP contribution in [-0.2, 0) is 4.79 Å². The zero-order valence-electron chi connectivity index (χ0n) is 13.4. The Bertz CT molecular complexity index is 1040. The first-order chi connectivity index (χ1) is 12.8. The largest absolute Gasteiger partial charge is 0.491 e. The molecule has 0 radical (unpaired) electrons. The minimum absolute atomic E-state index is 0.0703. The molecule has 0 spiro atoms. The number of esters is 1. The standard InChI is InChI=1S/C18H10F3N3O3/c19-18(20,21)17(25)27-11-4-1-3-10(7-11)14-8-12(15-5-2-6-26-15)13(9-22)16(23)24-14/h1-8H,(H2,23,24). The van der Waals surface area contributed by atoms with Crippen molar-refractivity contribution in [2.45, 2.75) is 6.18 Å². The highest BCUT2D eigenvalue weighted by Gasteiger charge is 2.41. The molecule has 0 amide bonds. The lowest BCUT2D eigenvalue weighted by Gasteiger charge is -2.10. The molecule has 2 N–H and O–H groups in total. The molecule has 0 saturated heterocycles. The summed E-state index contributed by atoms with van der Waals surface area (Å²) < 4.78 is 46.7. The number of rotatable bonds is 3. The topological polar surface area (TPSA) is 102 Å². The number of pyridine rings is 1. The van der Waals surface area contributed by atoms with E-state index in [1.54, 1.807) is 18.2 Å². The molecule has 9 heteroatoms. The predicted molar refractivity (Wildman–Crippen MR) is 88.2 cm³/mol. The number of carbonyl (C=O) groups excluding carboxylic acids is 1. The number of nitrogens with zero attached hydrogens (tertiary/aromatic N) is 2. The van der Waals surface area contributed by atoms with Crippen LogP contribution in [0.4, 0.5) is 19.0 Å². The van der Waals surface area contributed by atoms with Crippen molar-refractivity contribution < 1.29 is 27.1 Å². The Balaban J connectivity index is 2.04. The number of nitriles is 1. The van der Waals surface area contributed by atoms with E-state index >= 15 is 0 Å². The molecule has 27 heavy (non-hydrogen) atoms. The molecule has 1 aromatic carbocycles. The first kappa shape index (κ1) is 18.0. The third-order valence-corrected chi connectivity index (χ3v) is 3.52. The Hall–Kier alpha value is -3.80. The van der Waals surface area contributed by atoms with Crippen LogP contribution >= 0.6 is 0 Å². The first-order valence-electron chi connectivity index (χ1n) is 7.43. The number of furan rings is 1. The van der Waals surface area contributed by atoms with Gasteiger partial charge in [0, 0.05) is 11.1 Å². The Morgan fingerprint density at radius 1 is 1.22 bits per heavy atom. The summed E-state index contributed by atoms with van der Waals surface area (Å²) in [5.74, 6) is -2.33. The lowest BCUT2D eigenvalue weighted by atomic mass is 10.0. The number of hydrogen-bond donors (Lipinski definition) is 1. The third kappa shape index (κ3) is 3.74. The SMILES string of the molecule is N#Cc1c(-c2ccco2)cc(-c2cccc(OC(=O)C(F)(F)F)c2)nc1N. The maximum Gasteiger partial charge on any atom is 0.491 e. The van der Waals surface area contributed by atoms with Crippen LogP contribution in [0.3, 0.4) is 0 Å². The summed E-state index contributed by atoms with van der Waals surface area (Å²) in [6.45, 7) is 0. The minimum atomic E-state index is -5.11. The summed E-state index contributed by atoms with van der Waals surface area (Å²) >= 11 is 0. The monoisotopic (exact) mass is 373 g/mol. The quantitative estimate of drug-likeness (QED) is 0.551. The third-order valence-electron chi connectivity index (χ3n) is 3.52. The second-order valence-corrected chi connectivity index (χ2v) is 5.32. The maximum atomic E-state index is 12.4. The van der Waals surface area contributed by atoms with Crippen LogP contribution in [0.5, 0.6) is 5.75 Å². The second kappa shape index (κ2) is 6.84. The summed E-state index contributed by atoms with van der Waals surface area (Å²) in [4.78, 5) is 15.1. The molecule has 3 aromatic rings. The zero-order valence-corrected chi connectivity index (χ0v) is 13.4. The highest BCUT2D eigenvalue weighted by atomic mass is 19.4. The van der Waals surface area contributed by atoms with Gasteiger partial charge in [-0.05, 0) is 30.3 Å². The van der Waals surface area contributed by atoms with Crippen molar-refractivity contribution in [1.82, 2.24) is 4.98 Å². The van der Waals surface area contributed by atoms with Crippen molar-refractivity contribution in [1.29, 1.82) is 5.26 Å². The Morgan fingerprint density at radius 2 is 2.00 bits per heavy atom. The number of halogens is 3. The Morgan fingerprint density at radius 3 is 2.63 bits per heavy atom. The van der Waals surface area contributed by atoms with Crippen LogP contribution in [-0.4, -0.2) is 17.1 Å². The van der Waals surface area contributed by atoms with Crippen LogP contribution < -0.4 is 10.5 Å². The van der Waals surface area contributed by atoms with Crippen LogP contribution in [0.25, 0.3) is 22.6 Å². The molecule has 0 atom stereocenters. The average Bonchev–Trinajstić information content (AvgIpc) is 3.15. The number of ether oxygens (including phenoxy) is 1. The number of nitrogens with two attached hydrogens (primary N) is 1. The van der Waals surface area contributed by atoms with Crippen molar-refractivity contribution in [2.24, 2.45) is 0 Å². The first-order valence-corrected chi connectivity index (χ1v) is 7.43. The molecule has 2 aromatic heterocycles. The zero-order chi connectivity index (χ0) is 19.6. The van der Waals surface area contributed by atoms with Gasteiger partial charge in [-0.1, -0.05) is 12.1 Å². The van der Waals surface area contributed by atoms with E-state index in [1.807, 2.05) is 6.07 Å². The number of anilines is 1. The number of benzene rings is 1. The molecule has 136 valence electrons. The van der Waals surface area contributed by atoms with Gasteiger partial charge in [-0.15, -0.1) is 0 Å². The number of alkyl halides is 3. The van der Waals surface area contributed by atoms with Gasteiger partial charge in [-0.25, -0.2) is 9.78 Å². The highest BCUT2D eigenvalue weighted by molar-refractivity contribution is 5.80. The second-order valence-electron chi connectivity index (χ2n) is 5.32. The lowest BCUT2D eigenvalue weighted by molar-refractivity contribution is -0.189. The van der Waals surface area contributed by atoms with E-state index in [1.165, 1.54) is 30.5 Å². The normalized spacial score (nSPS) is 11.0. The van der Waals surface area contributed by atoms with E-state index in [0.717, 1.165) is 0 Å². The van der Waals surface area contributed by atoms with Crippen LogP contribution in [0.1, 0.15) is 5.56 Å². The van der Waals surface area contributed by atoms with Crippen molar-refractivity contribution >= 4 is 11.8 Å².